The summed E-state index contributed by atoms with van der Waals surface area (Å²) in [6, 6.07) is 19.3. The first-order chi connectivity index (χ1) is 18.0. The van der Waals surface area contributed by atoms with Gasteiger partial charge in [0, 0.05) is 12.1 Å². The van der Waals surface area contributed by atoms with Crippen LogP contribution in [0, 0.1) is 6.92 Å². The van der Waals surface area contributed by atoms with Crippen molar-refractivity contribution in [3.05, 3.63) is 77.6 Å². The lowest BCUT2D eigenvalue weighted by Gasteiger charge is -2.14. The maximum Gasteiger partial charge on any atom is 0.251 e. The minimum Gasteiger partial charge on any atom is -0.493 e. The Hall–Kier alpha value is -4.20. The van der Waals surface area contributed by atoms with E-state index < -0.39 is 0 Å². The topological polar surface area (TPSA) is 83.8 Å². The molecule has 0 saturated heterocycles. The minimum absolute atomic E-state index is 0.260. The number of carbonyl (C=O) groups is 1. The lowest BCUT2D eigenvalue weighted by Crippen LogP contribution is -2.25. The van der Waals surface area contributed by atoms with Crippen molar-refractivity contribution in [1.82, 2.24) is 14.9 Å². The number of unbranched alkanes of at least 4 members (excludes halogenated alkanes) is 1. The van der Waals surface area contributed by atoms with Gasteiger partial charge in [0.1, 0.15) is 11.6 Å². The van der Waals surface area contributed by atoms with Gasteiger partial charge < -0.3 is 28.8 Å². The molecule has 37 heavy (non-hydrogen) atoms. The van der Waals surface area contributed by atoms with Crippen LogP contribution in [0.2, 0.25) is 0 Å². The molecule has 1 heterocycles. The Bertz CT molecular complexity index is 1340. The van der Waals surface area contributed by atoms with Crippen molar-refractivity contribution in [1.29, 1.82) is 0 Å². The molecular weight excluding hydrogens is 470 g/mol. The average Bonchev–Trinajstić information content (AvgIpc) is 3.28. The normalized spacial score (nSPS) is 10.8. The molecule has 0 saturated carbocycles. The van der Waals surface area contributed by atoms with E-state index in [4.69, 9.17) is 23.9 Å². The standard InChI is InChI=1S/C29H33N3O5/c1-20-11-5-8-14-24(20)37-16-10-9-15-32-23-13-7-6-12-22(23)31-27(32)19-30-29(33)21-17-25(34-2)28(36-4)26(18-21)35-3/h5-8,11-14,17-18H,9-10,15-16,19H2,1-4H3,(H,30,33). The third kappa shape index (κ3) is 5.97. The Kier molecular flexibility index (Phi) is 8.51. The molecule has 3 aromatic carbocycles. The van der Waals surface area contributed by atoms with Gasteiger partial charge in [-0.15, -0.1) is 0 Å². The number of carbonyl (C=O) groups excluding carboxylic acids is 1. The smallest absolute Gasteiger partial charge is 0.251 e. The largest absolute Gasteiger partial charge is 0.493 e. The number of hydrogen-bond donors (Lipinski definition) is 1. The molecule has 0 atom stereocenters. The molecule has 0 fully saturated rings. The second-order valence-electron chi connectivity index (χ2n) is 8.59. The van der Waals surface area contributed by atoms with E-state index in [1.807, 2.05) is 49.4 Å². The zero-order chi connectivity index (χ0) is 26.2. The first-order valence-corrected chi connectivity index (χ1v) is 12.3. The molecule has 4 aromatic rings. The van der Waals surface area contributed by atoms with E-state index in [9.17, 15) is 4.79 Å². The van der Waals surface area contributed by atoms with Crippen LogP contribution in [0.25, 0.3) is 11.0 Å². The zero-order valence-electron chi connectivity index (χ0n) is 21.7. The molecule has 0 aliphatic carbocycles. The van der Waals surface area contributed by atoms with E-state index in [0.717, 1.165) is 47.6 Å². The predicted octanol–water partition coefficient (Wildman–Crippen LogP) is 5.16. The molecule has 1 N–H and O–H groups in total. The molecule has 0 spiro atoms. The van der Waals surface area contributed by atoms with Gasteiger partial charge in [-0.3, -0.25) is 4.79 Å². The third-order valence-corrected chi connectivity index (χ3v) is 6.19. The minimum atomic E-state index is -0.260. The van der Waals surface area contributed by atoms with Crippen LogP contribution in [0.5, 0.6) is 23.0 Å². The second-order valence-corrected chi connectivity index (χ2v) is 8.59. The van der Waals surface area contributed by atoms with Crippen LogP contribution in [0.1, 0.15) is 34.6 Å². The first kappa shape index (κ1) is 25.9. The van der Waals surface area contributed by atoms with Gasteiger partial charge >= 0.3 is 0 Å². The number of rotatable bonds is 12. The van der Waals surface area contributed by atoms with Crippen LogP contribution in [0.4, 0.5) is 0 Å². The third-order valence-electron chi connectivity index (χ3n) is 6.19. The summed E-state index contributed by atoms with van der Waals surface area (Å²) in [5, 5.41) is 2.99. The number of amides is 1. The predicted molar refractivity (Wildman–Crippen MR) is 143 cm³/mol. The number of fused-ring (bicyclic) bond motifs is 1. The highest BCUT2D eigenvalue weighted by Crippen LogP contribution is 2.38. The molecule has 8 heteroatoms. The summed E-state index contributed by atoms with van der Waals surface area (Å²) in [6.07, 6.45) is 1.82. The first-order valence-electron chi connectivity index (χ1n) is 12.3. The Labute approximate surface area is 217 Å². The van der Waals surface area contributed by atoms with Crippen LogP contribution < -0.4 is 24.3 Å². The van der Waals surface area contributed by atoms with Crippen molar-refractivity contribution in [2.75, 3.05) is 27.9 Å². The summed E-state index contributed by atoms with van der Waals surface area (Å²) < 4.78 is 24.2. The number of aryl methyl sites for hydroxylation is 2. The van der Waals surface area contributed by atoms with Gasteiger partial charge in [-0.25, -0.2) is 4.98 Å². The van der Waals surface area contributed by atoms with E-state index in [1.54, 1.807) is 12.1 Å². The Morgan fingerprint density at radius 1 is 0.892 bits per heavy atom. The fourth-order valence-corrected chi connectivity index (χ4v) is 4.26. The van der Waals surface area contributed by atoms with Gasteiger partial charge in [0.15, 0.2) is 11.5 Å². The van der Waals surface area contributed by atoms with Crippen molar-refractivity contribution < 1.29 is 23.7 Å². The highest BCUT2D eigenvalue weighted by Gasteiger charge is 2.18. The van der Waals surface area contributed by atoms with Crippen molar-refractivity contribution >= 4 is 16.9 Å². The maximum atomic E-state index is 13.0. The lowest BCUT2D eigenvalue weighted by molar-refractivity contribution is 0.0948. The SMILES string of the molecule is COc1cc(C(=O)NCc2nc3ccccc3n2CCCCOc2ccccc2C)cc(OC)c1OC. The number of ether oxygens (including phenoxy) is 4. The molecule has 8 nitrogen and oxygen atoms in total. The number of nitrogens with zero attached hydrogens (tertiary/aromatic N) is 2. The van der Waals surface area contributed by atoms with E-state index in [1.165, 1.54) is 21.3 Å². The van der Waals surface area contributed by atoms with E-state index in [0.29, 0.717) is 29.4 Å². The second kappa shape index (κ2) is 12.2. The summed E-state index contributed by atoms with van der Waals surface area (Å²) >= 11 is 0. The van der Waals surface area contributed by atoms with Crippen molar-refractivity contribution in [2.45, 2.75) is 32.9 Å². The van der Waals surface area contributed by atoms with Gasteiger partial charge in [-0.05, 0) is 55.7 Å². The molecule has 0 unspecified atom stereocenters. The molecule has 0 bridgehead atoms. The quantitative estimate of drug-likeness (QED) is 0.269. The number of benzene rings is 3. The Balaban J connectivity index is 1.43. The van der Waals surface area contributed by atoms with Crippen LogP contribution >= 0.6 is 0 Å². The molecule has 4 rings (SSSR count). The molecule has 194 valence electrons. The number of methoxy groups -OCH3 is 3. The van der Waals surface area contributed by atoms with Crippen molar-refractivity contribution in [3.8, 4) is 23.0 Å². The maximum absolute atomic E-state index is 13.0. The van der Waals surface area contributed by atoms with Crippen molar-refractivity contribution in [3.63, 3.8) is 0 Å². The summed E-state index contributed by atoms with van der Waals surface area (Å²) in [4.78, 5) is 17.8. The van der Waals surface area contributed by atoms with Crippen LogP contribution in [-0.4, -0.2) is 43.4 Å². The molecule has 0 aliphatic heterocycles. The monoisotopic (exact) mass is 503 g/mol. The van der Waals surface area contributed by atoms with E-state index in [-0.39, 0.29) is 12.5 Å². The number of hydrogen-bond acceptors (Lipinski definition) is 6. The van der Waals surface area contributed by atoms with Crippen LogP contribution in [0.15, 0.2) is 60.7 Å². The summed E-state index contributed by atoms with van der Waals surface area (Å²) in [7, 11) is 4.57. The van der Waals surface area contributed by atoms with Crippen molar-refractivity contribution in [2.24, 2.45) is 0 Å². The molecule has 1 aromatic heterocycles. The number of aromatic nitrogens is 2. The zero-order valence-corrected chi connectivity index (χ0v) is 21.7. The number of nitrogens with one attached hydrogen (secondary N) is 1. The summed E-state index contributed by atoms with van der Waals surface area (Å²) in [5.41, 5.74) is 3.48. The Morgan fingerprint density at radius 2 is 1.59 bits per heavy atom. The molecule has 0 aliphatic rings. The summed E-state index contributed by atoms with van der Waals surface area (Å²) in [6.45, 7) is 3.74. The molecular formula is C29H33N3O5. The van der Waals surface area contributed by atoms with E-state index in [2.05, 4.69) is 16.0 Å². The van der Waals surface area contributed by atoms with Gasteiger partial charge in [-0.1, -0.05) is 30.3 Å². The molecule has 0 radical (unpaired) electrons. The number of imidazole rings is 1. The average molecular weight is 504 g/mol. The van der Waals surface area contributed by atoms with Crippen LogP contribution in [0.3, 0.4) is 0 Å². The van der Waals surface area contributed by atoms with Gasteiger partial charge in [0.25, 0.3) is 5.91 Å². The highest BCUT2D eigenvalue weighted by atomic mass is 16.5. The van der Waals surface area contributed by atoms with Gasteiger partial charge in [0.2, 0.25) is 5.75 Å². The highest BCUT2D eigenvalue weighted by molar-refractivity contribution is 5.95. The Morgan fingerprint density at radius 3 is 2.30 bits per heavy atom. The molecule has 1 amide bonds. The van der Waals surface area contributed by atoms with Gasteiger partial charge in [0.05, 0.1) is 45.5 Å². The fourth-order valence-electron chi connectivity index (χ4n) is 4.26. The van der Waals surface area contributed by atoms with E-state index >= 15 is 0 Å². The fraction of sp³-hybridized carbons (Fsp3) is 0.310. The number of para-hydroxylation sites is 3. The summed E-state index contributed by atoms with van der Waals surface area (Å²) in [5.74, 6) is 2.74. The van der Waals surface area contributed by atoms with Gasteiger partial charge in [-0.2, -0.15) is 0 Å². The van der Waals surface area contributed by atoms with Crippen LogP contribution in [-0.2, 0) is 13.1 Å². The lowest BCUT2D eigenvalue weighted by atomic mass is 10.1.